The van der Waals surface area contributed by atoms with E-state index in [4.69, 9.17) is 9.47 Å². The molecule has 0 unspecified atom stereocenters. The van der Waals surface area contributed by atoms with Crippen LogP contribution in [0, 0.1) is 5.41 Å². The van der Waals surface area contributed by atoms with Crippen molar-refractivity contribution in [3.05, 3.63) is 11.6 Å². The zero-order valence-corrected chi connectivity index (χ0v) is 10.8. The number of fused-ring (bicyclic) bond motifs is 2. The molecule has 0 aromatic heterocycles. The van der Waals surface area contributed by atoms with Crippen LogP contribution in [-0.2, 0) is 9.47 Å². The van der Waals surface area contributed by atoms with Crippen molar-refractivity contribution in [1.29, 1.82) is 0 Å². The van der Waals surface area contributed by atoms with Crippen molar-refractivity contribution in [2.24, 2.45) is 5.41 Å². The van der Waals surface area contributed by atoms with Gasteiger partial charge in [0.1, 0.15) is 0 Å². The van der Waals surface area contributed by atoms with E-state index in [0.29, 0.717) is 10.9 Å². The van der Waals surface area contributed by atoms with Gasteiger partial charge in [0.05, 0.1) is 28.6 Å². The summed E-state index contributed by atoms with van der Waals surface area (Å²) in [5.74, 6) is 0. The molecule has 0 amide bonds. The highest BCUT2D eigenvalue weighted by Crippen LogP contribution is 2.56. The first-order valence-electron chi connectivity index (χ1n) is 5.65. The number of halogens is 1. The van der Waals surface area contributed by atoms with Crippen molar-refractivity contribution >= 4 is 15.9 Å². The maximum Gasteiger partial charge on any atom is 0.0826 e. The van der Waals surface area contributed by atoms with E-state index in [2.05, 4.69) is 35.9 Å². The third-order valence-corrected chi connectivity index (χ3v) is 5.92. The minimum absolute atomic E-state index is 0.0300. The Kier molecular flexibility index (Phi) is 2.12. The summed E-state index contributed by atoms with van der Waals surface area (Å²) in [6.07, 6.45) is 4.96. The average molecular weight is 273 g/mol. The summed E-state index contributed by atoms with van der Waals surface area (Å²) in [6.45, 7) is 6.14. The van der Waals surface area contributed by atoms with Crippen molar-refractivity contribution in [1.82, 2.24) is 0 Å². The maximum atomic E-state index is 6.03. The van der Waals surface area contributed by atoms with Crippen LogP contribution < -0.4 is 0 Å². The molecule has 84 valence electrons. The highest BCUT2D eigenvalue weighted by molar-refractivity contribution is 9.09. The Morgan fingerprint density at radius 1 is 1.53 bits per heavy atom. The lowest BCUT2D eigenvalue weighted by atomic mass is 9.68. The predicted molar refractivity (Wildman–Crippen MR) is 62.2 cm³/mol. The summed E-state index contributed by atoms with van der Waals surface area (Å²) in [7, 11) is 0. The summed E-state index contributed by atoms with van der Waals surface area (Å²) in [5.41, 5.74) is 1.51. The Hall–Kier alpha value is 0.140. The molecule has 0 saturated carbocycles. The fourth-order valence-electron chi connectivity index (χ4n) is 3.33. The van der Waals surface area contributed by atoms with Gasteiger partial charge in [0.2, 0.25) is 0 Å². The van der Waals surface area contributed by atoms with Crippen LogP contribution in [0.25, 0.3) is 0 Å². The molecule has 3 rings (SSSR count). The third-order valence-electron chi connectivity index (χ3n) is 4.10. The van der Waals surface area contributed by atoms with Gasteiger partial charge in [-0.15, -0.1) is 0 Å². The largest absolute Gasteiger partial charge is 0.377 e. The first-order valence-corrected chi connectivity index (χ1v) is 6.56. The minimum Gasteiger partial charge on any atom is -0.377 e. The Morgan fingerprint density at radius 3 is 2.87 bits per heavy atom. The van der Waals surface area contributed by atoms with Crippen molar-refractivity contribution in [2.75, 3.05) is 13.2 Å². The SMILES string of the molecule is CC1=C[C@@]2([C@H]3CCO3)CO[C@@](C)(C1)[C@H]2Br. The number of alkyl halides is 1. The number of rotatable bonds is 1. The fraction of sp³-hybridized carbons (Fsp3) is 0.833. The Balaban J connectivity index is 2.02. The predicted octanol–water partition coefficient (Wildman–Crippen LogP) is 2.66. The van der Waals surface area contributed by atoms with E-state index in [1.165, 1.54) is 12.0 Å². The van der Waals surface area contributed by atoms with Crippen LogP contribution >= 0.6 is 15.9 Å². The Bertz CT molecular complexity index is 324. The van der Waals surface area contributed by atoms with Crippen LogP contribution in [0.15, 0.2) is 11.6 Å². The van der Waals surface area contributed by atoms with Gasteiger partial charge < -0.3 is 9.47 Å². The summed E-state index contributed by atoms with van der Waals surface area (Å²) >= 11 is 3.85. The van der Waals surface area contributed by atoms with E-state index in [0.717, 1.165) is 19.6 Å². The molecule has 4 atom stereocenters. The highest BCUT2D eigenvalue weighted by atomic mass is 79.9. The second kappa shape index (κ2) is 3.08. The number of hydrogen-bond acceptors (Lipinski definition) is 2. The Labute approximate surface area is 99.1 Å². The van der Waals surface area contributed by atoms with E-state index in [9.17, 15) is 0 Å². The molecular formula is C12H17BrO2. The average Bonchev–Trinajstić information content (AvgIpc) is 2.27. The summed E-state index contributed by atoms with van der Waals surface area (Å²) in [5, 5.41) is 0. The summed E-state index contributed by atoms with van der Waals surface area (Å²) < 4.78 is 11.7. The van der Waals surface area contributed by atoms with E-state index in [1.807, 2.05) is 0 Å². The molecular weight excluding hydrogens is 256 g/mol. The van der Waals surface area contributed by atoms with Crippen molar-refractivity contribution in [2.45, 2.75) is 43.2 Å². The summed E-state index contributed by atoms with van der Waals surface area (Å²) in [6, 6.07) is 0. The second-order valence-electron chi connectivity index (χ2n) is 5.39. The van der Waals surface area contributed by atoms with E-state index in [1.54, 1.807) is 0 Å². The van der Waals surface area contributed by atoms with Gasteiger partial charge in [-0.3, -0.25) is 0 Å². The molecule has 15 heavy (non-hydrogen) atoms. The molecule has 0 spiro atoms. The molecule has 0 aromatic rings. The molecule has 0 radical (unpaired) electrons. The molecule has 2 heterocycles. The minimum atomic E-state index is -0.0300. The van der Waals surface area contributed by atoms with Gasteiger partial charge in [-0.05, 0) is 26.7 Å². The fourth-order valence-corrected chi connectivity index (χ4v) is 4.19. The molecule has 2 saturated heterocycles. The molecule has 2 fully saturated rings. The quantitative estimate of drug-likeness (QED) is 0.540. The van der Waals surface area contributed by atoms with Crippen molar-refractivity contribution < 1.29 is 9.47 Å². The Morgan fingerprint density at radius 2 is 2.27 bits per heavy atom. The lowest BCUT2D eigenvalue weighted by Crippen LogP contribution is -2.53. The number of ether oxygens (including phenoxy) is 2. The topological polar surface area (TPSA) is 18.5 Å². The van der Waals surface area contributed by atoms with Gasteiger partial charge in [-0.1, -0.05) is 27.6 Å². The first-order chi connectivity index (χ1) is 7.07. The van der Waals surface area contributed by atoms with E-state index in [-0.39, 0.29) is 11.0 Å². The monoisotopic (exact) mass is 272 g/mol. The normalized spacial score (nSPS) is 53.7. The van der Waals surface area contributed by atoms with Crippen LogP contribution in [0.1, 0.15) is 26.7 Å². The molecule has 0 aromatic carbocycles. The highest BCUT2D eigenvalue weighted by Gasteiger charge is 2.61. The molecule has 0 N–H and O–H groups in total. The second-order valence-corrected chi connectivity index (χ2v) is 6.31. The van der Waals surface area contributed by atoms with Gasteiger partial charge in [0.25, 0.3) is 0 Å². The van der Waals surface area contributed by atoms with Crippen molar-refractivity contribution in [3.8, 4) is 0 Å². The third kappa shape index (κ3) is 1.23. The molecule has 3 heteroatoms. The molecule has 2 bridgehead atoms. The molecule has 3 aliphatic rings. The lowest BCUT2D eigenvalue weighted by molar-refractivity contribution is -0.109. The first kappa shape index (κ1) is 10.3. The maximum absolute atomic E-state index is 6.03. The van der Waals surface area contributed by atoms with E-state index >= 15 is 0 Å². The van der Waals surface area contributed by atoms with Crippen LogP contribution in [-0.4, -0.2) is 29.7 Å². The molecule has 2 nitrogen and oxygen atoms in total. The van der Waals surface area contributed by atoms with E-state index < -0.39 is 0 Å². The zero-order chi connectivity index (χ0) is 10.7. The molecule has 2 aliphatic heterocycles. The van der Waals surface area contributed by atoms with Crippen molar-refractivity contribution in [3.63, 3.8) is 0 Å². The summed E-state index contributed by atoms with van der Waals surface area (Å²) in [4.78, 5) is 0.395. The van der Waals surface area contributed by atoms with Crippen LogP contribution in [0.4, 0.5) is 0 Å². The smallest absolute Gasteiger partial charge is 0.0826 e. The standard InChI is InChI=1S/C12H17BrO2/c1-8-5-11(2)10(13)12(6-8,7-15-11)9-3-4-14-9/h6,9-10H,3-5,7H2,1-2H3/t9-,10-,11+,12+/m1/s1. The van der Waals surface area contributed by atoms with Crippen LogP contribution in [0.2, 0.25) is 0 Å². The van der Waals surface area contributed by atoms with Crippen LogP contribution in [0.5, 0.6) is 0 Å². The van der Waals surface area contributed by atoms with Gasteiger partial charge in [0, 0.05) is 6.61 Å². The van der Waals surface area contributed by atoms with Gasteiger partial charge in [-0.2, -0.15) is 0 Å². The van der Waals surface area contributed by atoms with Gasteiger partial charge in [-0.25, -0.2) is 0 Å². The van der Waals surface area contributed by atoms with Gasteiger partial charge in [0.15, 0.2) is 0 Å². The lowest BCUT2D eigenvalue weighted by Gasteiger charge is -2.46. The molecule has 1 aliphatic carbocycles. The van der Waals surface area contributed by atoms with Crippen LogP contribution in [0.3, 0.4) is 0 Å². The van der Waals surface area contributed by atoms with Gasteiger partial charge >= 0.3 is 0 Å². The number of hydrogen-bond donors (Lipinski definition) is 0. The zero-order valence-electron chi connectivity index (χ0n) is 9.25.